The number of hydrogen-bond acceptors (Lipinski definition) is 2. The molecule has 3 heteroatoms. The van der Waals surface area contributed by atoms with Crippen LogP contribution in [0.1, 0.15) is 31.7 Å². The Morgan fingerprint density at radius 3 is 2.47 bits per heavy atom. The molecule has 1 unspecified atom stereocenters. The molecule has 1 aromatic carbocycles. The van der Waals surface area contributed by atoms with Crippen LogP contribution in [0, 0.1) is 0 Å². The zero-order chi connectivity index (χ0) is 12.7. The minimum atomic E-state index is -0.835. The number of halogens is 1. The largest absolute Gasteiger partial charge is 0.369 e. The normalized spacial score (nSPS) is 14.3. The second kappa shape index (κ2) is 6.77. The van der Waals surface area contributed by atoms with E-state index in [-0.39, 0.29) is 0 Å². The van der Waals surface area contributed by atoms with E-state index in [1.165, 1.54) is 12.7 Å². The summed E-state index contributed by atoms with van der Waals surface area (Å²) in [6, 6.07) is 10.3. The first-order chi connectivity index (χ1) is 8.08. The molecular formula is C14H19ClO2. The second-order valence-electron chi connectivity index (χ2n) is 4.40. The van der Waals surface area contributed by atoms with Crippen LogP contribution >= 0.6 is 11.6 Å². The highest BCUT2D eigenvalue weighted by molar-refractivity contribution is 6.65. The Bertz CT molecular complexity index is 350. The zero-order valence-electron chi connectivity index (χ0n) is 10.4. The molecule has 0 radical (unpaired) electrons. The van der Waals surface area contributed by atoms with Gasteiger partial charge in [0.1, 0.15) is 5.60 Å². The number of methoxy groups -OCH3 is 1. The van der Waals surface area contributed by atoms with E-state index < -0.39 is 10.8 Å². The molecule has 1 aromatic rings. The number of unbranched alkanes of at least 4 members (excludes halogenated alkanes) is 1. The van der Waals surface area contributed by atoms with E-state index in [1.54, 1.807) is 6.92 Å². The van der Waals surface area contributed by atoms with Gasteiger partial charge in [-0.25, -0.2) is 0 Å². The van der Waals surface area contributed by atoms with Crippen LogP contribution in [0.2, 0.25) is 0 Å². The summed E-state index contributed by atoms with van der Waals surface area (Å²) in [6.07, 6.45) is 3.65. The van der Waals surface area contributed by atoms with Crippen molar-refractivity contribution >= 4 is 16.8 Å². The molecule has 0 aliphatic heterocycles. The van der Waals surface area contributed by atoms with Crippen LogP contribution in [-0.2, 0) is 16.0 Å². The van der Waals surface area contributed by atoms with Gasteiger partial charge in [0.2, 0.25) is 0 Å². The average Bonchev–Trinajstić information content (AvgIpc) is 2.35. The van der Waals surface area contributed by atoms with Gasteiger partial charge in [0.25, 0.3) is 5.24 Å². The fourth-order valence-corrected chi connectivity index (χ4v) is 1.89. The molecule has 0 aliphatic carbocycles. The highest BCUT2D eigenvalue weighted by atomic mass is 35.5. The first-order valence-corrected chi connectivity index (χ1v) is 6.25. The maximum absolute atomic E-state index is 11.2. The molecule has 0 fully saturated rings. The van der Waals surface area contributed by atoms with E-state index in [0.717, 1.165) is 19.3 Å². The number of hydrogen-bond donors (Lipinski definition) is 0. The van der Waals surface area contributed by atoms with Crippen molar-refractivity contribution in [2.24, 2.45) is 0 Å². The molecule has 17 heavy (non-hydrogen) atoms. The van der Waals surface area contributed by atoms with Crippen molar-refractivity contribution in [1.82, 2.24) is 0 Å². The average molecular weight is 255 g/mol. The highest BCUT2D eigenvalue weighted by Gasteiger charge is 2.30. The highest BCUT2D eigenvalue weighted by Crippen LogP contribution is 2.21. The van der Waals surface area contributed by atoms with Gasteiger partial charge in [0.15, 0.2) is 0 Å². The summed E-state index contributed by atoms with van der Waals surface area (Å²) < 4.78 is 5.17. The summed E-state index contributed by atoms with van der Waals surface area (Å²) in [5, 5.41) is -0.417. The third-order valence-corrected chi connectivity index (χ3v) is 3.48. The molecule has 1 rings (SSSR count). The number of benzene rings is 1. The lowest BCUT2D eigenvalue weighted by Crippen LogP contribution is -2.34. The van der Waals surface area contributed by atoms with Gasteiger partial charge in [-0.1, -0.05) is 30.3 Å². The Balaban J connectivity index is 2.31. The van der Waals surface area contributed by atoms with Crippen LogP contribution in [0.4, 0.5) is 0 Å². The van der Waals surface area contributed by atoms with E-state index in [9.17, 15) is 4.79 Å². The first kappa shape index (κ1) is 14.2. The lowest BCUT2D eigenvalue weighted by Gasteiger charge is -2.23. The molecule has 0 spiro atoms. The van der Waals surface area contributed by atoms with Crippen LogP contribution in [-0.4, -0.2) is 18.0 Å². The van der Waals surface area contributed by atoms with E-state index >= 15 is 0 Å². The quantitative estimate of drug-likeness (QED) is 0.549. The third-order valence-electron chi connectivity index (χ3n) is 3.08. The van der Waals surface area contributed by atoms with Crippen molar-refractivity contribution in [3.63, 3.8) is 0 Å². The minimum absolute atomic E-state index is 0.417. The number of ether oxygens (including phenoxy) is 1. The van der Waals surface area contributed by atoms with E-state index in [1.807, 2.05) is 18.2 Å². The molecule has 0 bridgehead atoms. The van der Waals surface area contributed by atoms with Crippen molar-refractivity contribution in [2.45, 2.75) is 38.2 Å². The molecule has 0 amide bonds. The summed E-state index contributed by atoms with van der Waals surface area (Å²) in [5.41, 5.74) is 0.488. The summed E-state index contributed by atoms with van der Waals surface area (Å²) in [5.74, 6) is 0. The SMILES string of the molecule is COC(C)(CCCCc1ccccc1)C(=O)Cl. The van der Waals surface area contributed by atoms with Crippen molar-refractivity contribution in [3.8, 4) is 0 Å². The zero-order valence-corrected chi connectivity index (χ0v) is 11.2. The van der Waals surface area contributed by atoms with Gasteiger partial charge in [0.05, 0.1) is 0 Å². The van der Waals surface area contributed by atoms with Crippen LogP contribution in [0.3, 0.4) is 0 Å². The second-order valence-corrected chi connectivity index (χ2v) is 4.74. The fourth-order valence-electron chi connectivity index (χ4n) is 1.72. The smallest absolute Gasteiger partial charge is 0.253 e. The molecule has 0 saturated heterocycles. The molecule has 1 atom stereocenters. The molecular weight excluding hydrogens is 236 g/mol. The first-order valence-electron chi connectivity index (χ1n) is 5.87. The Labute approximate surface area is 108 Å². The minimum Gasteiger partial charge on any atom is -0.369 e. The molecule has 0 aromatic heterocycles. The standard InChI is InChI=1S/C14H19ClO2/c1-14(17-2,13(15)16)11-7-6-10-12-8-4-3-5-9-12/h3-5,8-9H,6-7,10-11H2,1-2H3. The van der Waals surface area contributed by atoms with Crippen molar-refractivity contribution in [1.29, 1.82) is 0 Å². The van der Waals surface area contributed by atoms with Gasteiger partial charge in [-0.3, -0.25) is 4.79 Å². The molecule has 2 nitrogen and oxygen atoms in total. The third kappa shape index (κ3) is 4.49. The number of carbonyl (C=O) groups excluding carboxylic acids is 1. The number of aryl methyl sites for hydroxylation is 1. The molecule has 0 N–H and O–H groups in total. The van der Waals surface area contributed by atoms with Crippen molar-refractivity contribution in [3.05, 3.63) is 35.9 Å². The topological polar surface area (TPSA) is 26.3 Å². The van der Waals surface area contributed by atoms with Crippen LogP contribution in [0.15, 0.2) is 30.3 Å². The van der Waals surface area contributed by atoms with Crippen LogP contribution in [0.5, 0.6) is 0 Å². The van der Waals surface area contributed by atoms with Crippen molar-refractivity contribution in [2.75, 3.05) is 7.11 Å². The molecule has 94 valence electrons. The maximum atomic E-state index is 11.2. The molecule has 0 aliphatic rings. The Kier molecular flexibility index (Phi) is 5.66. The van der Waals surface area contributed by atoms with E-state index in [4.69, 9.17) is 16.3 Å². The monoisotopic (exact) mass is 254 g/mol. The molecule has 0 saturated carbocycles. The van der Waals surface area contributed by atoms with Gasteiger partial charge in [-0.2, -0.15) is 0 Å². The Morgan fingerprint density at radius 1 is 1.29 bits per heavy atom. The predicted octanol–water partition coefficient (Wildman–Crippen LogP) is 3.57. The summed E-state index contributed by atoms with van der Waals surface area (Å²) in [7, 11) is 1.53. The van der Waals surface area contributed by atoms with Gasteiger partial charge in [-0.15, -0.1) is 0 Å². The van der Waals surface area contributed by atoms with E-state index in [0.29, 0.717) is 6.42 Å². The van der Waals surface area contributed by atoms with Gasteiger partial charge in [-0.05, 0) is 49.8 Å². The van der Waals surface area contributed by atoms with Gasteiger partial charge >= 0.3 is 0 Å². The summed E-state index contributed by atoms with van der Waals surface area (Å²) in [4.78, 5) is 11.2. The molecule has 0 heterocycles. The number of rotatable bonds is 7. The van der Waals surface area contributed by atoms with Crippen LogP contribution < -0.4 is 0 Å². The lowest BCUT2D eigenvalue weighted by atomic mass is 9.98. The predicted molar refractivity (Wildman–Crippen MR) is 70.3 cm³/mol. The van der Waals surface area contributed by atoms with E-state index in [2.05, 4.69) is 12.1 Å². The van der Waals surface area contributed by atoms with Gasteiger partial charge in [0, 0.05) is 7.11 Å². The van der Waals surface area contributed by atoms with Gasteiger partial charge < -0.3 is 4.74 Å². The van der Waals surface area contributed by atoms with Crippen LogP contribution in [0.25, 0.3) is 0 Å². The fraction of sp³-hybridized carbons (Fsp3) is 0.500. The van der Waals surface area contributed by atoms with Crippen molar-refractivity contribution < 1.29 is 9.53 Å². The summed E-state index contributed by atoms with van der Waals surface area (Å²) >= 11 is 5.52. The maximum Gasteiger partial charge on any atom is 0.253 e. The summed E-state index contributed by atoms with van der Waals surface area (Å²) in [6.45, 7) is 1.74. The Morgan fingerprint density at radius 2 is 1.94 bits per heavy atom. The number of carbonyl (C=O) groups is 1. The lowest BCUT2D eigenvalue weighted by molar-refractivity contribution is -0.131. The Hall–Kier alpha value is -0.860.